The zero-order valence-electron chi connectivity index (χ0n) is 10.7. The van der Waals surface area contributed by atoms with E-state index in [0.29, 0.717) is 10.0 Å². The molecule has 0 aliphatic rings. The Bertz CT molecular complexity index is 374. The van der Waals surface area contributed by atoms with Gasteiger partial charge in [-0.3, -0.25) is 0 Å². The summed E-state index contributed by atoms with van der Waals surface area (Å²) in [5, 5.41) is 4.57. The molecule has 0 spiro atoms. The quantitative estimate of drug-likeness (QED) is 0.856. The lowest BCUT2D eigenvalue weighted by Gasteiger charge is -2.23. The highest BCUT2D eigenvalue weighted by Crippen LogP contribution is 2.33. The van der Waals surface area contributed by atoms with Crippen LogP contribution in [-0.4, -0.2) is 17.5 Å². The van der Waals surface area contributed by atoms with Crippen LogP contribution in [0.1, 0.15) is 32.4 Å². The van der Waals surface area contributed by atoms with Gasteiger partial charge in [-0.1, -0.05) is 56.1 Å². The summed E-state index contributed by atoms with van der Waals surface area (Å²) in [6, 6.07) is 6.01. The molecule has 1 rings (SSSR count). The third-order valence-corrected chi connectivity index (χ3v) is 4.59. The number of nitrogens with one attached hydrogen (secondary N) is 1. The van der Waals surface area contributed by atoms with Crippen molar-refractivity contribution >= 4 is 35.0 Å². The molecule has 1 nitrogen and oxygen atoms in total. The highest BCUT2D eigenvalue weighted by atomic mass is 35.5. The average molecular weight is 292 g/mol. The lowest BCUT2D eigenvalue weighted by Crippen LogP contribution is -2.22. The van der Waals surface area contributed by atoms with Crippen LogP contribution in [0.15, 0.2) is 18.2 Å². The molecule has 0 heterocycles. The van der Waals surface area contributed by atoms with Crippen molar-refractivity contribution in [3.8, 4) is 0 Å². The van der Waals surface area contributed by atoms with Gasteiger partial charge in [0, 0.05) is 16.5 Å². The number of hydrogen-bond donors (Lipinski definition) is 1. The van der Waals surface area contributed by atoms with Crippen LogP contribution < -0.4 is 5.32 Å². The normalized spacial score (nSPS) is 13.8. The van der Waals surface area contributed by atoms with Gasteiger partial charge in [0.05, 0.1) is 10.0 Å². The summed E-state index contributed by atoms with van der Waals surface area (Å²) in [5.41, 5.74) is 1.07. The number of benzene rings is 1. The van der Waals surface area contributed by atoms with Gasteiger partial charge in [-0.2, -0.15) is 11.8 Å². The fourth-order valence-corrected chi connectivity index (χ4v) is 2.90. The van der Waals surface area contributed by atoms with Crippen LogP contribution in [0.2, 0.25) is 10.0 Å². The van der Waals surface area contributed by atoms with Crippen molar-refractivity contribution in [2.24, 2.45) is 0 Å². The predicted octanol–water partition coefficient (Wildman–Crippen LogP) is 4.79. The molecule has 17 heavy (non-hydrogen) atoms. The lowest BCUT2D eigenvalue weighted by atomic mass is 10.1. The Labute approximate surface area is 118 Å². The van der Waals surface area contributed by atoms with Gasteiger partial charge in [0.15, 0.2) is 0 Å². The van der Waals surface area contributed by atoms with E-state index in [2.05, 4.69) is 26.1 Å². The summed E-state index contributed by atoms with van der Waals surface area (Å²) in [6.07, 6.45) is 0. The fraction of sp³-hybridized carbons (Fsp3) is 0.538. The second-order valence-corrected chi connectivity index (χ2v) is 7.54. The first kappa shape index (κ1) is 15.2. The van der Waals surface area contributed by atoms with E-state index < -0.39 is 0 Å². The van der Waals surface area contributed by atoms with E-state index in [4.69, 9.17) is 23.2 Å². The Balaban J connectivity index is 2.83. The third kappa shape index (κ3) is 4.70. The Morgan fingerprint density at radius 2 is 1.94 bits per heavy atom. The third-order valence-electron chi connectivity index (χ3n) is 2.39. The molecule has 0 saturated carbocycles. The molecule has 1 unspecified atom stereocenters. The van der Waals surface area contributed by atoms with Crippen molar-refractivity contribution in [3.05, 3.63) is 33.8 Å². The average Bonchev–Trinajstić information content (AvgIpc) is 2.23. The molecule has 0 bridgehead atoms. The lowest BCUT2D eigenvalue weighted by molar-refractivity contribution is 0.657. The van der Waals surface area contributed by atoms with E-state index in [1.54, 1.807) is 0 Å². The fourth-order valence-electron chi connectivity index (χ4n) is 1.45. The molecule has 0 aromatic heterocycles. The summed E-state index contributed by atoms with van der Waals surface area (Å²) >= 11 is 14.2. The molecule has 0 radical (unpaired) electrons. The van der Waals surface area contributed by atoms with E-state index in [1.165, 1.54) is 0 Å². The van der Waals surface area contributed by atoms with Crippen LogP contribution in [0.4, 0.5) is 0 Å². The minimum atomic E-state index is 0.227. The zero-order valence-corrected chi connectivity index (χ0v) is 13.0. The summed E-state index contributed by atoms with van der Waals surface area (Å²) in [5.74, 6) is 0.972. The molecule has 1 aromatic rings. The predicted molar refractivity (Wildman–Crippen MR) is 80.5 cm³/mol. The van der Waals surface area contributed by atoms with Gasteiger partial charge in [0.25, 0.3) is 0 Å². The van der Waals surface area contributed by atoms with Gasteiger partial charge in [0.2, 0.25) is 0 Å². The molecular weight excluding hydrogens is 273 g/mol. The maximum Gasteiger partial charge on any atom is 0.0640 e. The first-order valence-electron chi connectivity index (χ1n) is 5.60. The monoisotopic (exact) mass is 291 g/mol. The molecule has 0 fully saturated rings. The SMILES string of the molecule is CNC(CSC(C)(C)C)c1cccc(Cl)c1Cl. The van der Waals surface area contributed by atoms with Gasteiger partial charge in [-0.15, -0.1) is 0 Å². The summed E-state index contributed by atoms with van der Waals surface area (Å²) in [7, 11) is 1.95. The van der Waals surface area contributed by atoms with E-state index in [9.17, 15) is 0 Å². The van der Waals surface area contributed by atoms with E-state index >= 15 is 0 Å². The molecule has 0 aliphatic heterocycles. The molecule has 1 aromatic carbocycles. The largest absolute Gasteiger partial charge is 0.312 e. The zero-order chi connectivity index (χ0) is 13.1. The van der Waals surface area contributed by atoms with E-state index in [1.807, 2.05) is 37.0 Å². The maximum atomic E-state index is 6.24. The summed E-state index contributed by atoms with van der Waals surface area (Å²) in [4.78, 5) is 0. The van der Waals surface area contributed by atoms with Gasteiger partial charge in [0.1, 0.15) is 0 Å². The minimum Gasteiger partial charge on any atom is -0.312 e. The molecule has 4 heteroatoms. The summed E-state index contributed by atoms with van der Waals surface area (Å²) in [6.45, 7) is 6.64. The van der Waals surface area contributed by atoms with Gasteiger partial charge in [-0.25, -0.2) is 0 Å². The van der Waals surface area contributed by atoms with Gasteiger partial charge < -0.3 is 5.32 Å². The molecule has 1 N–H and O–H groups in total. The Hall–Kier alpha value is 0.110. The second kappa shape index (κ2) is 6.33. The number of halogens is 2. The molecule has 0 aliphatic carbocycles. The topological polar surface area (TPSA) is 12.0 Å². The molecule has 96 valence electrons. The van der Waals surface area contributed by atoms with Crippen molar-refractivity contribution in [2.45, 2.75) is 31.6 Å². The van der Waals surface area contributed by atoms with Gasteiger partial charge >= 0.3 is 0 Å². The number of rotatable bonds is 4. The Morgan fingerprint density at radius 1 is 1.29 bits per heavy atom. The van der Waals surface area contributed by atoms with Crippen molar-refractivity contribution in [1.82, 2.24) is 5.32 Å². The van der Waals surface area contributed by atoms with Gasteiger partial charge in [-0.05, 0) is 18.7 Å². The van der Waals surface area contributed by atoms with Crippen LogP contribution in [0.3, 0.4) is 0 Å². The van der Waals surface area contributed by atoms with E-state index in [-0.39, 0.29) is 10.8 Å². The van der Waals surface area contributed by atoms with Crippen LogP contribution in [0, 0.1) is 0 Å². The minimum absolute atomic E-state index is 0.227. The first-order valence-corrected chi connectivity index (χ1v) is 7.34. The standard InChI is InChI=1S/C13H19Cl2NS/c1-13(2,3)17-8-11(16-4)9-6-5-7-10(14)12(9)15/h5-7,11,16H,8H2,1-4H3. The number of hydrogen-bond acceptors (Lipinski definition) is 2. The molecule has 0 amide bonds. The van der Waals surface area contributed by atoms with Crippen molar-refractivity contribution < 1.29 is 0 Å². The number of thioether (sulfide) groups is 1. The van der Waals surface area contributed by atoms with Crippen molar-refractivity contribution in [3.63, 3.8) is 0 Å². The summed E-state index contributed by atoms with van der Waals surface area (Å²) < 4.78 is 0.250. The molecular formula is C13H19Cl2NS. The van der Waals surface area contributed by atoms with Crippen LogP contribution in [0.25, 0.3) is 0 Å². The first-order chi connectivity index (χ1) is 7.85. The second-order valence-electron chi connectivity index (χ2n) is 4.91. The molecule has 0 saturated heterocycles. The van der Waals surface area contributed by atoms with Crippen LogP contribution in [0.5, 0.6) is 0 Å². The highest BCUT2D eigenvalue weighted by molar-refractivity contribution is 8.00. The van der Waals surface area contributed by atoms with Crippen molar-refractivity contribution in [2.75, 3.05) is 12.8 Å². The molecule has 1 atom stereocenters. The van der Waals surface area contributed by atoms with Crippen LogP contribution in [-0.2, 0) is 0 Å². The van der Waals surface area contributed by atoms with Crippen LogP contribution >= 0.6 is 35.0 Å². The maximum absolute atomic E-state index is 6.24. The highest BCUT2D eigenvalue weighted by Gasteiger charge is 2.18. The smallest absolute Gasteiger partial charge is 0.0640 e. The van der Waals surface area contributed by atoms with Crippen molar-refractivity contribution in [1.29, 1.82) is 0 Å². The Morgan fingerprint density at radius 3 is 2.47 bits per heavy atom. The Kier molecular flexibility index (Phi) is 5.65. The van der Waals surface area contributed by atoms with E-state index in [0.717, 1.165) is 11.3 Å².